The van der Waals surface area contributed by atoms with Crippen LogP contribution in [0.25, 0.3) is 0 Å². The lowest BCUT2D eigenvalue weighted by Crippen LogP contribution is -2.37. The molecule has 1 unspecified atom stereocenters. The molecule has 1 atom stereocenters. The minimum atomic E-state index is -0.271. The SMILES string of the molecule is CC(C)NC1CCN(c2cc(F)cc(Cl)c2)C1. The maximum atomic E-state index is 13.3. The predicted molar refractivity (Wildman–Crippen MR) is 70.3 cm³/mol. The summed E-state index contributed by atoms with van der Waals surface area (Å²) >= 11 is 5.87. The lowest BCUT2D eigenvalue weighted by Gasteiger charge is -2.20. The Morgan fingerprint density at radius 3 is 2.82 bits per heavy atom. The van der Waals surface area contributed by atoms with E-state index < -0.39 is 0 Å². The van der Waals surface area contributed by atoms with Gasteiger partial charge in [-0.05, 0) is 24.6 Å². The molecule has 94 valence electrons. The second-order valence-corrected chi connectivity index (χ2v) is 5.32. The van der Waals surface area contributed by atoms with Crippen LogP contribution < -0.4 is 10.2 Å². The largest absolute Gasteiger partial charge is 0.370 e. The van der Waals surface area contributed by atoms with Crippen molar-refractivity contribution in [3.8, 4) is 0 Å². The highest BCUT2D eigenvalue weighted by Crippen LogP contribution is 2.25. The minimum Gasteiger partial charge on any atom is -0.370 e. The van der Waals surface area contributed by atoms with Crippen LogP contribution in [0.5, 0.6) is 0 Å². The summed E-state index contributed by atoms with van der Waals surface area (Å²) in [6.45, 7) is 6.14. The summed E-state index contributed by atoms with van der Waals surface area (Å²) in [5, 5.41) is 3.96. The van der Waals surface area contributed by atoms with Crippen LogP contribution >= 0.6 is 11.6 Å². The first kappa shape index (κ1) is 12.7. The summed E-state index contributed by atoms with van der Waals surface area (Å²) in [6, 6.07) is 5.67. The Kier molecular flexibility index (Phi) is 3.89. The number of hydrogen-bond acceptors (Lipinski definition) is 2. The Morgan fingerprint density at radius 2 is 2.18 bits per heavy atom. The van der Waals surface area contributed by atoms with E-state index >= 15 is 0 Å². The molecule has 0 bridgehead atoms. The van der Waals surface area contributed by atoms with E-state index in [9.17, 15) is 4.39 Å². The zero-order valence-electron chi connectivity index (χ0n) is 10.2. The van der Waals surface area contributed by atoms with Gasteiger partial charge in [0.05, 0.1) is 0 Å². The average Bonchev–Trinajstić information content (AvgIpc) is 2.63. The van der Waals surface area contributed by atoms with Crippen molar-refractivity contribution in [3.05, 3.63) is 29.0 Å². The first-order chi connectivity index (χ1) is 8.04. The van der Waals surface area contributed by atoms with E-state index in [0.717, 1.165) is 25.2 Å². The van der Waals surface area contributed by atoms with Gasteiger partial charge in [-0.3, -0.25) is 0 Å². The fraction of sp³-hybridized carbons (Fsp3) is 0.538. The van der Waals surface area contributed by atoms with Crippen molar-refractivity contribution in [1.29, 1.82) is 0 Å². The quantitative estimate of drug-likeness (QED) is 0.894. The maximum Gasteiger partial charge on any atom is 0.126 e. The van der Waals surface area contributed by atoms with Crippen LogP contribution in [0, 0.1) is 5.82 Å². The Balaban J connectivity index is 2.04. The smallest absolute Gasteiger partial charge is 0.126 e. The molecule has 0 radical (unpaired) electrons. The molecule has 0 saturated carbocycles. The molecular weight excluding hydrogens is 239 g/mol. The fourth-order valence-electron chi connectivity index (χ4n) is 2.32. The summed E-state index contributed by atoms with van der Waals surface area (Å²) in [7, 11) is 0. The molecule has 4 heteroatoms. The molecule has 17 heavy (non-hydrogen) atoms. The highest BCUT2D eigenvalue weighted by Gasteiger charge is 2.23. The molecule has 1 N–H and O–H groups in total. The van der Waals surface area contributed by atoms with E-state index in [0.29, 0.717) is 17.1 Å². The van der Waals surface area contributed by atoms with Crippen molar-refractivity contribution >= 4 is 17.3 Å². The minimum absolute atomic E-state index is 0.271. The third-order valence-corrected chi connectivity index (χ3v) is 3.19. The van der Waals surface area contributed by atoms with Crippen molar-refractivity contribution in [3.63, 3.8) is 0 Å². The van der Waals surface area contributed by atoms with E-state index in [1.54, 1.807) is 6.07 Å². The van der Waals surface area contributed by atoms with Crippen LogP contribution in [0.2, 0.25) is 5.02 Å². The van der Waals surface area contributed by atoms with Crippen molar-refractivity contribution in [2.45, 2.75) is 32.4 Å². The number of nitrogens with zero attached hydrogens (tertiary/aromatic N) is 1. The summed E-state index contributed by atoms with van der Waals surface area (Å²) in [5.41, 5.74) is 0.878. The Bertz CT molecular complexity index is 375. The van der Waals surface area contributed by atoms with Gasteiger partial charge < -0.3 is 10.2 Å². The molecule has 0 aliphatic carbocycles. The van der Waals surface area contributed by atoms with Crippen molar-refractivity contribution in [1.82, 2.24) is 5.32 Å². The summed E-state index contributed by atoms with van der Waals surface area (Å²) in [5.74, 6) is -0.271. The molecular formula is C13H18ClFN2. The molecule has 1 fully saturated rings. The highest BCUT2D eigenvalue weighted by atomic mass is 35.5. The normalized spacial score (nSPS) is 20.3. The molecule has 1 aromatic carbocycles. The van der Waals surface area contributed by atoms with Gasteiger partial charge in [0.2, 0.25) is 0 Å². The molecule has 1 aliphatic rings. The third kappa shape index (κ3) is 3.33. The van der Waals surface area contributed by atoms with Crippen LogP contribution in [-0.4, -0.2) is 25.2 Å². The number of anilines is 1. The third-order valence-electron chi connectivity index (χ3n) is 2.97. The Hall–Kier alpha value is -0.800. The van der Waals surface area contributed by atoms with E-state index in [4.69, 9.17) is 11.6 Å². The second kappa shape index (κ2) is 5.23. The molecule has 0 spiro atoms. The summed E-state index contributed by atoms with van der Waals surface area (Å²) < 4.78 is 13.3. The topological polar surface area (TPSA) is 15.3 Å². The lowest BCUT2D eigenvalue weighted by atomic mass is 10.2. The van der Waals surface area contributed by atoms with Crippen LogP contribution in [0.3, 0.4) is 0 Å². The van der Waals surface area contributed by atoms with Crippen molar-refractivity contribution < 1.29 is 4.39 Å². The van der Waals surface area contributed by atoms with Gasteiger partial charge in [-0.25, -0.2) is 4.39 Å². The van der Waals surface area contributed by atoms with Crippen molar-refractivity contribution in [2.75, 3.05) is 18.0 Å². The Morgan fingerprint density at radius 1 is 1.41 bits per heavy atom. The van der Waals surface area contributed by atoms with E-state index in [1.165, 1.54) is 6.07 Å². The van der Waals surface area contributed by atoms with Crippen LogP contribution in [0.4, 0.5) is 10.1 Å². The number of rotatable bonds is 3. The van der Waals surface area contributed by atoms with Crippen LogP contribution in [0.1, 0.15) is 20.3 Å². The number of nitrogens with one attached hydrogen (secondary N) is 1. The molecule has 1 saturated heterocycles. The van der Waals surface area contributed by atoms with Gasteiger partial charge in [-0.2, -0.15) is 0 Å². The van der Waals surface area contributed by atoms with Gasteiger partial charge in [0.1, 0.15) is 5.82 Å². The second-order valence-electron chi connectivity index (χ2n) is 4.88. The van der Waals surface area contributed by atoms with E-state index in [2.05, 4.69) is 24.1 Å². The lowest BCUT2D eigenvalue weighted by molar-refractivity contribution is 0.492. The maximum absolute atomic E-state index is 13.3. The first-order valence-corrected chi connectivity index (χ1v) is 6.39. The number of hydrogen-bond donors (Lipinski definition) is 1. The molecule has 1 aromatic rings. The summed E-state index contributed by atoms with van der Waals surface area (Å²) in [4.78, 5) is 2.18. The molecule has 0 aromatic heterocycles. The van der Waals surface area contributed by atoms with Crippen LogP contribution in [-0.2, 0) is 0 Å². The van der Waals surface area contributed by atoms with Gasteiger partial charge in [-0.15, -0.1) is 0 Å². The molecule has 2 rings (SSSR count). The molecule has 1 aliphatic heterocycles. The zero-order chi connectivity index (χ0) is 12.4. The monoisotopic (exact) mass is 256 g/mol. The molecule has 1 heterocycles. The van der Waals surface area contributed by atoms with Gasteiger partial charge in [0.15, 0.2) is 0 Å². The molecule has 0 amide bonds. The zero-order valence-corrected chi connectivity index (χ0v) is 11.0. The summed E-state index contributed by atoms with van der Waals surface area (Å²) in [6.07, 6.45) is 1.09. The van der Waals surface area contributed by atoms with E-state index in [1.807, 2.05) is 6.07 Å². The van der Waals surface area contributed by atoms with Gasteiger partial charge in [-0.1, -0.05) is 25.4 Å². The number of benzene rings is 1. The molecule has 2 nitrogen and oxygen atoms in total. The predicted octanol–water partition coefficient (Wildman–Crippen LogP) is 3.06. The van der Waals surface area contributed by atoms with Gasteiger partial charge >= 0.3 is 0 Å². The van der Waals surface area contributed by atoms with Gasteiger partial charge in [0, 0.05) is 35.9 Å². The standard InChI is InChI=1S/C13H18ClFN2/c1-9(2)16-12-3-4-17(8-12)13-6-10(14)5-11(15)7-13/h5-7,9,12,16H,3-4,8H2,1-2H3. The Labute approximate surface area is 107 Å². The van der Waals surface area contributed by atoms with Crippen LogP contribution in [0.15, 0.2) is 18.2 Å². The highest BCUT2D eigenvalue weighted by molar-refractivity contribution is 6.30. The fourth-order valence-corrected chi connectivity index (χ4v) is 2.54. The van der Waals surface area contributed by atoms with Crippen molar-refractivity contribution in [2.24, 2.45) is 0 Å². The first-order valence-electron chi connectivity index (χ1n) is 6.01. The number of halogens is 2. The average molecular weight is 257 g/mol. The van der Waals surface area contributed by atoms with Gasteiger partial charge in [0.25, 0.3) is 0 Å². The van der Waals surface area contributed by atoms with E-state index in [-0.39, 0.29) is 5.82 Å².